The first-order valence-electron chi connectivity index (χ1n) is 6.57. The topological polar surface area (TPSA) is 87.6 Å². The quantitative estimate of drug-likeness (QED) is 0.910. The molecular weight excluding hydrogens is 300 g/mol. The van der Waals surface area contributed by atoms with Gasteiger partial charge in [0.05, 0.1) is 17.1 Å². The second-order valence-corrected chi connectivity index (χ2v) is 8.10. The van der Waals surface area contributed by atoms with Crippen molar-refractivity contribution >= 4 is 27.3 Å². The number of hydrogen-bond donors (Lipinski definition) is 1. The monoisotopic (exact) mass is 318 g/mol. The lowest BCUT2D eigenvalue weighted by Crippen LogP contribution is -2.48. The van der Waals surface area contributed by atoms with Crippen LogP contribution in [0.3, 0.4) is 0 Å². The maximum atomic E-state index is 12.6. The van der Waals surface area contributed by atoms with Crippen molar-refractivity contribution in [2.45, 2.75) is 43.4 Å². The summed E-state index contributed by atoms with van der Waals surface area (Å²) in [5.74, 6) is -1.58. The standard InChI is InChI=1S/C12H18N2O4S2/c1-3-10-13-7-11(19-10)20(17,18)14-6-4-5-9(8(14)2)12(15)16/h7-9H,3-6H2,1-2H3,(H,15,16)/t8-,9-/m0/s1. The van der Waals surface area contributed by atoms with Crippen molar-refractivity contribution in [2.75, 3.05) is 6.54 Å². The fourth-order valence-electron chi connectivity index (χ4n) is 2.47. The number of rotatable bonds is 4. The van der Waals surface area contributed by atoms with Crippen molar-refractivity contribution in [2.24, 2.45) is 5.92 Å². The number of piperidine rings is 1. The smallest absolute Gasteiger partial charge is 0.308 e. The highest BCUT2D eigenvalue weighted by molar-refractivity contribution is 7.91. The van der Waals surface area contributed by atoms with Crippen LogP contribution < -0.4 is 0 Å². The molecule has 1 aliphatic rings. The van der Waals surface area contributed by atoms with Gasteiger partial charge in [0.1, 0.15) is 0 Å². The number of hydrogen-bond acceptors (Lipinski definition) is 5. The zero-order valence-electron chi connectivity index (χ0n) is 11.4. The first-order chi connectivity index (χ1) is 9.37. The molecule has 0 aliphatic carbocycles. The number of nitrogens with zero attached hydrogens (tertiary/aromatic N) is 2. The predicted molar refractivity (Wildman–Crippen MR) is 75.2 cm³/mol. The van der Waals surface area contributed by atoms with E-state index in [1.165, 1.54) is 10.5 Å². The highest BCUT2D eigenvalue weighted by Crippen LogP contribution is 2.31. The van der Waals surface area contributed by atoms with Gasteiger partial charge in [-0.1, -0.05) is 6.92 Å². The number of carbonyl (C=O) groups is 1. The van der Waals surface area contributed by atoms with Crippen LogP contribution in [0.15, 0.2) is 10.4 Å². The van der Waals surface area contributed by atoms with Gasteiger partial charge in [0.2, 0.25) is 0 Å². The average molecular weight is 318 g/mol. The molecule has 1 aliphatic heterocycles. The van der Waals surface area contributed by atoms with Gasteiger partial charge in [0.15, 0.2) is 4.21 Å². The summed E-state index contributed by atoms with van der Waals surface area (Å²) in [6.07, 6.45) is 3.15. The van der Waals surface area contributed by atoms with Crippen LogP contribution in [0.1, 0.15) is 31.7 Å². The van der Waals surface area contributed by atoms with Crippen LogP contribution in [0.2, 0.25) is 0 Å². The van der Waals surface area contributed by atoms with Crippen molar-refractivity contribution in [1.82, 2.24) is 9.29 Å². The van der Waals surface area contributed by atoms with Crippen LogP contribution in [0.25, 0.3) is 0 Å². The van der Waals surface area contributed by atoms with E-state index in [0.29, 0.717) is 25.8 Å². The molecule has 0 unspecified atom stereocenters. The van der Waals surface area contributed by atoms with Gasteiger partial charge in [-0.25, -0.2) is 13.4 Å². The summed E-state index contributed by atoms with van der Waals surface area (Å²) in [4.78, 5) is 15.3. The fourth-order valence-corrected chi connectivity index (χ4v) is 5.43. The van der Waals surface area contributed by atoms with Gasteiger partial charge in [-0.15, -0.1) is 11.3 Å². The molecule has 112 valence electrons. The van der Waals surface area contributed by atoms with Crippen LogP contribution in [-0.2, 0) is 21.2 Å². The van der Waals surface area contributed by atoms with Crippen LogP contribution in [0, 0.1) is 5.92 Å². The van der Waals surface area contributed by atoms with Gasteiger partial charge < -0.3 is 5.11 Å². The molecule has 0 saturated carbocycles. The number of carboxylic acid groups (broad SMARTS) is 1. The van der Waals surface area contributed by atoms with Crippen molar-refractivity contribution in [3.05, 3.63) is 11.2 Å². The third kappa shape index (κ3) is 2.72. The summed E-state index contributed by atoms with van der Waals surface area (Å²) in [6, 6.07) is -0.529. The Hall–Kier alpha value is -0.990. The third-order valence-electron chi connectivity index (χ3n) is 3.65. The van der Waals surface area contributed by atoms with Crippen molar-refractivity contribution in [1.29, 1.82) is 0 Å². The molecular formula is C12H18N2O4S2. The molecule has 1 N–H and O–H groups in total. The van der Waals surface area contributed by atoms with E-state index in [1.807, 2.05) is 6.92 Å². The van der Waals surface area contributed by atoms with E-state index in [4.69, 9.17) is 0 Å². The minimum absolute atomic E-state index is 0.201. The maximum Gasteiger partial charge on any atom is 0.308 e. The molecule has 1 aromatic rings. The predicted octanol–water partition coefficient (Wildman–Crippen LogP) is 1.58. The minimum Gasteiger partial charge on any atom is -0.481 e. The first-order valence-corrected chi connectivity index (χ1v) is 8.83. The zero-order chi connectivity index (χ0) is 14.9. The van der Waals surface area contributed by atoms with Gasteiger partial charge in [-0.05, 0) is 26.2 Å². The van der Waals surface area contributed by atoms with E-state index in [1.54, 1.807) is 6.92 Å². The Morgan fingerprint density at radius 1 is 1.60 bits per heavy atom. The molecule has 2 rings (SSSR count). The minimum atomic E-state index is -3.64. The Bertz CT molecular complexity index is 596. The molecule has 1 aromatic heterocycles. The number of aryl methyl sites for hydroxylation is 1. The van der Waals surface area contributed by atoms with E-state index in [-0.39, 0.29) is 4.21 Å². The average Bonchev–Trinajstić information content (AvgIpc) is 2.87. The molecule has 0 aromatic carbocycles. The normalized spacial score (nSPS) is 24.7. The van der Waals surface area contributed by atoms with Crippen molar-refractivity contribution in [3.8, 4) is 0 Å². The highest BCUT2D eigenvalue weighted by atomic mass is 32.2. The Morgan fingerprint density at radius 2 is 2.30 bits per heavy atom. The molecule has 0 bridgehead atoms. The van der Waals surface area contributed by atoms with Gasteiger partial charge in [0.25, 0.3) is 10.0 Å². The number of aromatic nitrogens is 1. The Balaban J connectivity index is 2.31. The van der Waals surface area contributed by atoms with Crippen LogP contribution in [0.5, 0.6) is 0 Å². The summed E-state index contributed by atoms with van der Waals surface area (Å²) < 4.78 is 26.7. The van der Waals surface area contributed by atoms with Gasteiger partial charge in [-0.3, -0.25) is 4.79 Å². The number of thiazole rings is 1. The number of aliphatic carboxylic acids is 1. The van der Waals surface area contributed by atoms with Crippen molar-refractivity contribution < 1.29 is 18.3 Å². The lowest BCUT2D eigenvalue weighted by molar-refractivity contribution is -0.144. The molecule has 20 heavy (non-hydrogen) atoms. The lowest BCUT2D eigenvalue weighted by Gasteiger charge is -2.35. The fraction of sp³-hybridized carbons (Fsp3) is 0.667. The molecule has 8 heteroatoms. The van der Waals surface area contributed by atoms with E-state index >= 15 is 0 Å². The van der Waals surface area contributed by atoms with E-state index < -0.39 is 28.0 Å². The second-order valence-electron chi connectivity index (χ2n) is 4.87. The molecule has 1 saturated heterocycles. The van der Waals surface area contributed by atoms with Crippen LogP contribution in [0.4, 0.5) is 0 Å². The molecule has 1 fully saturated rings. The van der Waals surface area contributed by atoms with E-state index in [0.717, 1.165) is 16.3 Å². The number of carboxylic acids is 1. The maximum absolute atomic E-state index is 12.6. The van der Waals surface area contributed by atoms with Crippen LogP contribution >= 0.6 is 11.3 Å². The van der Waals surface area contributed by atoms with Crippen LogP contribution in [-0.4, -0.2) is 41.4 Å². The second kappa shape index (κ2) is 5.79. The van der Waals surface area contributed by atoms with E-state index in [9.17, 15) is 18.3 Å². The first kappa shape index (κ1) is 15.4. The zero-order valence-corrected chi connectivity index (χ0v) is 13.1. The molecule has 0 spiro atoms. The van der Waals surface area contributed by atoms with Gasteiger partial charge in [0, 0.05) is 12.6 Å². The van der Waals surface area contributed by atoms with E-state index in [2.05, 4.69) is 4.98 Å². The largest absolute Gasteiger partial charge is 0.481 e. The van der Waals surface area contributed by atoms with Gasteiger partial charge >= 0.3 is 5.97 Å². The Kier molecular flexibility index (Phi) is 4.46. The van der Waals surface area contributed by atoms with Crippen molar-refractivity contribution in [3.63, 3.8) is 0 Å². The molecule has 6 nitrogen and oxygen atoms in total. The summed E-state index contributed by atoms with van der Waals surface area (Å²) in [5, 5.41) is 9.94. The third-order valence-corrected chi connectivity index (χ3v) is 7.21. The summed E-state index contributed by atoms with van der Waals surface area (Å²) in [5.41, 5.74) is 0. The SMILES string of the molecule is CCc1ncc(S(=O)(=O)N2CCC[C@H](C(=O)O)[C@@H]2C)s1. The molecule has 2 heterocycles. The van der Waals surface area contributed by atoms with Gasteiger partial charge in [-0.2, -0.15) is 4.31 Å². The summed E-state index contributed by atoms with van der Waals surface area (Å²) in [6.45, 7) is 3.95. The Labute approximate surface area is 122 Å². The molecule has 0 amide bonds. The summed E-state index contributed by atoms with van der Waals surface area (Å²) >= 11 is 1.16. The Morgan fingerprint density at radius 3 is 2.85 bits per heavy atom. The number of sulfonamides is 1. The highest BCUT2D eigenvalue weighted by Gasteiger charge is 2.40. The lowest BCUT2D eigenvalue weighted by atomic mass is 9.92. The molecule has 2 atom stereocenters. The molecule has 0 radical (unpaired) electrons. The summed E-state index contributed by atoms with van der Waals surface area (Å²) in [7, 11) is -3.64.